The lowest BCUT2D eigenvalue weighted by Gasteiger charge is -2.29. The third-order valence-electron chi connectivity index (χ3n) is 5.68. The number of carbonyl (C=O) groups excluding carboxylic acids is 2. The monoisotopic (exact) mass is 424 g/mol. The quantitative estimate of drug-likeness (QED) is 0.635. The van der Waals surface area contributed by atoms with Gasteiger partial charge >= 0.3 is 0 Å². The molecule has 0 saturated carbocycles. The molecule has 6 nitrogen and oxygen atoms in total. The van der Waals surface area contributed by atoms with Gasteiger partial charge in [0.2, 0.25) is 11.8 Å². The van der Waals surface area contributed by atoms with E-state index in [1.165, 1.54) is 0 Å². The average molecular weight is 425 g/mol. The normalized spacial score (nSPS) is 16.5. The highest BCUT2D eigenvalue weighted by Crippen LogP contribution is 2.17. The van der Waals surface area contributed by atoms with Crippen molar-refractivity contribution in [3.8, 4) is 5.75 Å². The Hall–Kier alpha value is -2.86. The molecule has 2 amide bonds. The molecule has 0 radical (unpaired) electrons. The number of methoxy groups -OCH3 is 1. The molecule has 3 rings (SSSR count). The summed E-state index contributed by atoms with van der Waals surface area (Å²) in [6.45, 7) is 3.39. The highest BCUT2D eigenvalue weighted by atomic mass is 16.5. The Morgan fingerprint density at radius 2 is 1.87 bits per heavy atom. The number of hydrogen-bond acceptors (Lipinski definition) is 4. The van der Waals surface area contributed by atoms with Crippen molar-refractivity contribution in [2.75, 3.05) is 20.3 Å². The largest absolute Gasteiger partial charge is 0.497 e. The zero-order valence-electron chi connectivity index (χ0n) is 18.4. The molecule has 0 aromatic heterocycles. The Morgan fingerprint density at radius 3 is 2.52 bits per heavy atom. The van der Waals surface area contributed by atoms with Gasteiger partial charge in [0.15, 0.2) is 0 Å². The molecule has 1 N–H and O–H groups in total. The molecule has 1 fully saturated rings. The van der Waals surface area contributed by atoms with Crippen LogP contribution < -0.4 is 10.1 Å². The fraction of sp³-hybridized carbons (Fsp3) is 0.440. The van der Waals surface area contributed by atoms with Crippen LogP contribution in [0.15, 0.2) is 54.6 Å². The van der Waals surface area contributed by atoms with Gasteiger partial charge in [-0.3, -0.25) is 9.59 Å². The van der Waals surface area contributed by atoms with Crippen LogP contribution in [0.2, 0.25) is 0 Å². The van der Waals surface area contributed by atoms with Gasteiger partial charge in [0.1, 0.15) is 11.8 Å². The van der Waals surface area contributed by atoms with Crippen molar-refractivity contribution >= 4 is 11.8 Å². The van der Waals surface area contributed by atoms with Crippen LogP contribution in [0.3, 0.4) is 0 Å². The molecule has 0 bridgehead atoms. The molecule has 1 aliphatic heterocycles. The van der Waals surface area contributed by atoms with Gasteiger partial charge in [0.25, 0.3) is 0 Å². The number of nitrogens with zero attached hydrogens (tertiary/aromatic N) is 1. The van der Waals surface area contributed by atoms with E-state index in [1.54, 1.807) is 18.9 Å². The van der Waals surface area contributed by atoms with Crippen LogP contribution >= 0.6 is 0 Å². The van der Waals surface area contributed by atoms with Crippen LogP contribution in [0.5, 0.6) is 5.75 Å². The van der Waals surface area contributed by atoms with Gasteiger partial charge in [-0.05, 0) is 49.4 Å². The van der Waals surface area contributed by atoms with E-state index in [4.69, 9.17) is 9.47 Å². The van der Waals surface area contributed by atoms with Gasteiger partial charge in [-0.1, -0.05) is 42.5 Å². The van der Waals surface area contributed by atoms with E-state index in [1.807, 2.05) is 54.6 Å². The Kier molecular flexibility index (Phi) is 8.47. The summed E-state index contributed by atoms with van der Waals surface area (Å²) in [5, 5.41) is 2.96. The number of hydrogen-bond donors (Lipinski definition) is 1. The number of aryl methyl sites for hydroxylation is 1. The van der Waals surface area contributed by atoms with E-state index >= 15 is 0 Å². The molecular weight excluding hydrogens is 392 g/mol. The Labute approximate surface area is 184 Å². The van der Waals surface area contributed by atoms with Crippen molar-refractivity contribution in [3.05, 3.63) is 65.7 Å². The second-order valence-electron chi connectivity index (χ2n) is 7.91. The van der Waals surface area contributed by atoms with Gasteiger partial charge in [0, 0.05) is 26.1 Å². The lowest BCUT2D eigenvalue weighted by atomic mass is 10.1. The first-order valence-electron chi connectivity index (χ1n) is 10.9. The van der Waals surface area contributed by atoms with Gasteiger partial charge in [-0.2, -0.15) is 0 Å². The van der Waals surface area contributed by atoms with E-state index in [0.29, 0.717) is 25.9 Å². The van der Waals surface area contributed by atoms with Gasteiger partial charge in [0.05, 0.1) is 13.2 Å². The summed E-state index contributed by atoms with van der Waals surface area (Å²) >= 11 is 0. The zero-order valence-corrected chi connectivity index (χ0v) is 18.4. The van der Waals surface area contributed by atoms with Crippen LogP contribution in [0.1, 0.15) is 37.3 Å². The van der Waals surface area contributed by atoms with Crippen molar-refractivity contribution in [2.45, 2.75) is 51.3 Å². The van der Waals surface area contributed by atoms with Crippen molar-refractivity contribution < 1.29 is 19.1 Å². The van der Waals surface area contributed by atoms with E-state index in [9.17, 15) is 9.59 Å². The standard InChI is InChI=1S/C25H32N2O4/c1-19(25(29)26-17-23-9-6-16-31-23)27(18-21-10-13-22(30-2)14-11-21)24(28)15-12-20-7-4-3-5-8-20/h3-5,7-8,10-11,13-14,19,23H,6,9,12,15-18H2,1-2H3,(H,26,29)/t19-,23+/m0/s1. The summed E-state index contributed by atoms with van der Waals surface area (Å²) in [5.74, 6) is 0.560. The minimum Gasteiger partial charge on any atom is -0.497 e. The first kappa shape index (κ1) is 22.8. The van der Waals surface area contributed by atoms with E-state index in [2.05, 4.69) is 5.32 Å². The molecule has 0 spiro atoms. The molecule has 0 unspecified atom stereocenters. The molecule has 1 aliphatic rings. The number of rotatable bonds is 10. The minimum atomic E-state index is -0.577. The zero-order chi connectivity index (χ0) is 22.1. The van der Waals surface area contributed by atoms with Crippen molar-refractivity contribution in [1.82, 2.24) is 10.2 Å². The number of amides is 2. The number of nitrogens with one attached hydrogen (secondary N) is 1. The van der Waals surface area contributed by atoms with Crippen LogP contribution in [-0.4, -0.2) is 49.1 Å². The van der Waals surface area contributed by atoms with Crippen molar-refractivity contribution in [2.24, 2.45) is 0 Å². The SMILES string of the molecule is COc1ccc(CN(C(=O)CCc2ccccc2)[C@@H](C)C(=O)NC[C@H]2CCCO2)cc1. The van der Waals surface area contributed by atoms with E-state index in [-0.39, 0.29) is 17.9 Å². The summed E-state index contributed by atoms with van der Waals surface area (Å²) < 4.78 is 10.8. The van der Waals surface area contributed by atoms with Crippen LogP contribution in [-0.2, 0) is 27.3 Å². The second kappa shape index (κ2) is 11.5. The third-order valence-corrected chi connectivity index (χ3v) is 5.68. The maximum absolute atomic E-state index is 13.1. The Balaban J connectivity index is 1.66. The molecule has 1 saturated heterocycles. The molecule has 2 aromatic carbocycles. The Bertz CT molecular complexity index is 832. The fourth-order valence-corrected chi connectivity index (χ4v) is 3.72. The summed E-state index contributed by atoms with van der Waals surface area (Å²) in [6.07, 6.45) is 3.05. The highest BCUT2D eigenvalue weighted by Gasteiger charge is 2.27. The first-order valence-corrected chi connectivity index (χ1v) is 10.9. The average Bonchev–Trinajstić information content (AvgIpc) is 3.34. The summed E-state index contributed by atoms with van der Waals surface area (Å²) in [6, 6.07) is 16.9. The molecular formula is C25H32N2O4. The molecule has 0 aliphatic carbocycles. The van der Waals surface area contributed by atoms with Crippen LogP contribution in [0, 0.1) is 0 Å². The molecule has 2 atom stereocenters. The first-order chi connectivity index (χ1) is 15.1. The number of carbonyl (C=O) groups is 2. The lowest BCUT2D eigenvalue weighted by molar-refractivity contribution is -0.140. The predicted molar refractivity (Wildman–Crippen MR) is 120 cm³/mol. The maximum atomic E-state index is 13.1. The number of ether oxygens (including phenoxy) is 2. The van der Waals surface area contributed by atoms with E-state index < -0.39 is 6.04 Å². The van der Waals surface area contributed by atoms with Crippen LogP contribution in [0.25, 0.3) is 0 Å². The van der Waals surface area contributed by atoms with Crippen molar-refractivity contribution in [3.63, 3.8) is 0 Å². The molecule has 1 heterocycles. The van der Waals surface area contributed by atoms with Gasteiger partial charge in [-0.25, -0.2) is 0 Å². The molecule has 166 valence electrons. The second-order valence-corrected chi connectivity index (χ2v) is 7.91. The summed E-state index contributed by atoms with van der Waals surface area (Å²) in [4.78, 5) is 27.6. The molecule has 2 aromatic rings. The van der Waals surface area contributed by atoms with Crippen LogP contribution in [0.4, 0.5) is 0 Å². The van der Waals surface area contributed by atoms with E-state index in [0.717, 1.165) is 36.3 Å². The maximum Gasteiger partial charge on any atom is 0.242 e. The lowest BCUT2D eigenvalue weighted by Crippen LogP contribution is -2.49. The smallest absolute Gasteiger partial charge is 0.242 e. The molecule has 6 heteroatoms. The summed E-state index contributed by atoms with van der Waals surface area (Å²) in [5.41, 5.74) is 2.06. The molecule has 31 heavy (non-hydrogen) atoms. The van der Waals surface area contributed by atoms with Crippen molar-refractivity contribution in [1.29, 1.82) is 0 Å². The van der Waals surface area contributed by atoms with Gasteiger partial charge < -0.3 is 19.7 Å². The summed E-state index contributed by atoms with van der Waals surface area (Å²) in [7, 11) is 1.62. The predicted octanol–water partition coefficient (Wildman–Crippen LogP) is 3.34. The minimum absolute atomic E-state index is 0.0422. The Morgan fingerprint density at radius 1 is 1.13 bits per heavy atom. The van der Waals surface area contributed by atoms with Gasteiger partial charge in [-0.15, -0.1) is 0 Å². The third kappa shape index (κ3) is 6.82. The fourth-order valence-electron chi connectivity index (χ4n) is 3.72. The number of benzene rings is 2. The highest BCUT2D eigenvalue weighted by molar-refractivity contribution is 5.87. The topological polar surface area (TPSA) is 67.9 Å².